The van der Waals surface area contributed by atoms with E-state index in [0.717, 1.165) is 5.56 Å². The number of rotatable bonds is 5. The molecule has 2 heterocycles. The van der Waals surface area contributed by atoms with Crippen molar-refractivity contribution in [3.05, 3.63) is 71.8 Å². The Morgan fingerprint density at radius 3 is 2.46 bits per heavy atom. The smallest absolute Gasteiger partial charge is 0.251 e. The van der Waals surface area contributed by atoms with Crippen molar-refractivity contribution in [2.75, 3.05) is 13.2 Å². The van der Waals surface area contributed by atoms with E-state index in [1.807, 2.05) is 36.4 Å². The minimum absolute atomic E-state index is 0.0544. The van der Waals surface area contributed by atoms with Crippen LogP contribution in [0.25, 0.3) is 0 Å². The van der Waals surface area contributed by atoms with E-state index in [2.05, 4.69) is 5.32 Å². The Kier molecular flexibility index (Phi) is 5.21. The highest BCUT2D eigenvalue weighted by Crippen LogP contribution is 2.28. The summed E-state index contributed by atoms with van der Waals surface area (Å²) in [5, 5.41) is 2.87. The minimum atomic E-state index is -0.748. The Morgan fingerprint density at radius 2 is 1.75 bits per heavy atom. The van der Waals surface area contributed by atoms with Gasteiger partial charge in [-0.15, -0.1) is 0 Å². The highest BCUT2D eigenvalue weighted by molar-refractivity contribution is 5.99. The molecule has 2 aromatic rings. The number of hydrogen-bond acceptors (Lipinski definition) is 4. The zero-order valence-electron chi connectivity index (χ0n) is 15.4. The maximum absolute atomic E-state index is 13.3. The predicted octanol–water partition coefficient (Wildman–Crippen LogP) is 1.60. The number of fused-ring (bicyclic) bond motifs is 1. The van der Waals surface area contributed by atoms with E-state index in [1.165, 1.54) is 0 Å². The first kappa shape index (κ1) is 18.4. The molecule has 0 saturated carbocycles. The molecule has 6 heteroatoms. The van der Waals surface area contributed by atoms with Crippen LogP contribution in [0.3, 0.4) is 0 Å². The number of carbonyl (C=O) groups is 3. The van der Waals surface area contributed by atoms with Crippen LogP contribution in [0.2, 0.25) is 0 Å². The lowest BCUT2D eigenvalue weighted by Crippen LogP contribution is -2.53. The van der Waals surface area contributed by atoms with Crippen molar-refractivity contribution in [1.29, 1.82) is 0 Å². The molecule has 28 heavy (non-hydrogen) atoms. The zero-order chi connectivity index (χ0) is 19.5. The molecule has 0 spiro atoms. The van der Waals surface area contributed by atoms with Crippen LogP contribution in [0.1, 0.15) is 22.3 Å². The number of Topliss-reactive ketones (excluding diaryl/α,β-unsaturated/α-hetero) is 1. The first-order valence-electron chi connectivity index (χ1n) is 9.48. The molecule has 2 amide bonds. The summed E-state index contributed by atoms with van der Waals surface area (Å²) in [6, 6.07) is 17.1. The van der Waals surface area contributed by atoms with E-state index in [0.29, 0.717) is 24.9 Å². The van der Waals surface area contributed by atoms with Gasteiger partial charge in [0, 0.05) is 18.5 Å². The summed E-state index contributed by atoms with van der Waals surface area (Å²) >= 11 is 0. The molecular formula is C22H22N2O4. The second kappa shape index (κ2) is 7.94. The highest BCUT2D eigenvalue weighted by atomic mass is 16.5. The van der Waals surface area contributed by atoms with Crippen LogP contribution in [0.15, 0.2) is 60.7 Å². The van der Waals surface area contributed by atoms with Gasteiger partial charge in [-0.2, -0.15) is 0 Å². The van der Waals surface area contributed by atoms with Gasteiger partial charge < -0.3 is 15.0 Å². The summed E-state index contributed by atoms with van der Waals surface area (Å²) < 4.78 is 5.49. The van der Waals surface area contributed by atoms with Crippen LogP contribution >= 0.6 is 0 Å². The monoisotopic (exact) mass is 378 g/mol. The second-order valence-corrected chi connectivity index (χ2v) is 7.16. The van der Waals surface area contributed by atoms with Gasteiger partial charge in [0.2, 0.25) is 5.91 Å². The summed E-state index contributed by atoms with van der Waals surface area (Å²) in [5.74, 6) is -0.609. The van der Waals surface area contributed by atoms with Gasteiger partial charge in [0.15, 0.2) is 5.78 Å². The van der Waals surface area contributed by atoms with Gasteiger partial charge in [-0.05, 0) is 24.1 Å². The Bertz CT molecular complexity index is 869. The predicted molar refractivity (Wildman–Crippen MR) is 103 cm³/mol. The van der Waals surface area contributed by atoms with Crippen molar-refractivity contribution in [3.8, 4) is 0 Å². The molecule has 2 fully saturated rings. The van der Waals surface area contributed by atoms with Crippen molar-refractivity contribution in [3.63, 3.8) is 0 Å². The molecule has 1 N–H and O–H groups in total. The van der Waals surface area contributed by atoms with Crippen LogP contribution in [0, 0.1) is 0 Å². The van der Waals surface area contributed by atoms with Gasteiger partial charge in [-0.25, -0.2) is 0 Å². The van der Waals surface area contributed by atoms with Crippen LogP contribution in [-0.2, 0) is 20.7 Å². The standard InChI is InChI=1S/C22H22N2O4/c25-18-14-28-19-11-12-24(20(18)19)22(27)17(13-15-7-3-1-4-8-15)23-21(26)16-9-5-2-6-10-16/h1-10,17,19-20H,11-14H2,(H,23,26)/t17-,19+,20+/m0/s1. The van der Waals surface area contributed by atoms with Gasteiger partial charge in [0.25, 0.3) is 5.91 Å². The fraction of sp³-hybridized carbons (Fsp3) is 0.318. The van der Waals surface area contributed by atoms with Gasteiger partial charge in [0.05, 0.1) is 6.10 Å². The molecule has 2 aromatic carbocycles. The maximum Gasteiger partial charge on any atom is 0.251 e. The van der Waals surface area contributed by atoms with Gasteiger partial charge in [-0.1, -0.05) is 48.5 Å². The third-order valence-corrected chi connectivity index (χ3v) is 5.32. The third kappa shape index (κ3) is 3.68. The normalized spacial score (nSPS) is 22.0. The lowest BCUT2D eigenvalue weighted by atomic mass is 10.0. The quantitative estimate of drug-likeness (QED) is 0.858. The Morgan fingerprint density at radius 1 is 1.07 bits per heavy atom. The lowest BCUT2D eigenvalue weighted by molar-refractivity contribution is -0.138. The zero-order valence-corrected chi connectivity index (χ0v) is 15.4. The van der Waals surface area contributed by atoms with Crippen LogP contribution < -0.4 is 5.32 Å². The average molecular weight is 378 g/mol. The molecular weight excluding hydrogens is 356 g/mol. The molecule has 0 aliphatic carbocycles. The molecule has 0 aromatic heterocycles. The summed E-state index contributed by atoms with van der Waals surface area (Å²) in [4.78, 5) is 39.8. The minimum Gasteiger partial charge on any atom is -0.368 e. The highest BCUT2D eigenvalue weighted by Gasteiger charge is 2.48. The third-order valence-electron chi connectivity index (χ3n) is 5.32. The fourth-order valence-corrected chi connectivity index (χ4v) is 3.92. The Labute approximate surface area is 163 Å². The second-order valence-electron chi connectivity index (χ2n) is 7.16. The lowest BCUT2D eigenvalue weighted by Gasteiger charge is -2.27. The molecule has 0 unspecified atom stereocenters. The Hall–Kier alpha value is -2.99. The van der Waals surface area contributed by atoms with Crippen LogP contribution in [0.5, 0.6) is 0 Å². The summed E-state index contributed by atoms with van der Waals surface area (Å²) in [5.41, 5.74) is 1.44. The molecule has 3 atom stereocenters. The topological polar surface area (TPSA) is 75.7 Å². The molecule has 2 saturated heterocycles. The summed E-state index contributed by atoms with van der Waals surface area (Å²) in [6.45, 7) is 0.519. The summed E-state index contributed by atoms with van der Waals surface area (Å²) in [6.07, 6.45) is 0.784. The number of nitrogens with zero attached hydrogens (tertiary/aromatic N) is 1. The number of ketones is 1. The summed E-state index contributed by atoms with van der Waals surface area (Å²) in [7, 11) is 0. The van der Waals surface area contributed by atoms with E-state index in [9.17, 15) is 14.4 Å². The first-order valence-corrected chi connectivity index (χ1v) is 9.48. The maximum atomic E-state index is 13.3. The molecule has 144 valence electrons. The van der Waals surface area contributed by atoms with E-state index < -0.39 is 12.1 Å². The van der Waals surface area contributed by atoms with Gasteiger partial charge >= 0.3 is 0 Å². The molecule has 4 rings (SSSR count). The van der Waals surface area contributed by atoms with Crippen molar-refractivity contribution >= 4 is 17.6 Å². The fourth-order valence-electron chi connectivity index (χ4n) is 3.92. The molecule has 6 nitrogen and oxygen atoms in total. The van der Waals surface area contributed by atoms with Gasteiger partial charge in [0.1, 0.15) is 18.7 Å². The van der Waals surface area contributed by atoms with Crippen molar-refractivity contribution < 1.29 is 19.1 Å². The SMILES string of the molecule is O=C(N[C@@H](Cc1ccccc1)C(=O)N1CC[C@H]2OCC(=O)[C@H]21)c1ccccc1. The van der Waals surface area contributed by atoms with Crippen molar-refractivity contribution in [1.82, 2.24) is 10.2 Å². The molecule has 0 radical (unpaired) electrons. The van der Waals surface area contributed by atoms with Crippen LogP contribution in [0.4, 0.5) is 0 Å². The average Bonchev–Trinajstić information content (AvgIpc) is 3.31. The van der Waals surface area contributed by atoms with E-state index in [1.54, 1.807) is 29.2 Å². The van der Waals surface area contributed by atoms with Crippen LogP contribution in [-0.4, -0.2) is 53.8 Å². The molecule has 0 bridgehead atoms. The number of amides is 2. The number of hydrogen-bond donors (Lipinski definition) is 1. The van der Waals surface area contributed by atoms with Crippen molar-refractivity contribution in [2.24, 2.45) is 0 Å². The molecule has 2 aliphatic rings. The largest absolute Gasteiger partial charge is 0.368 e. The number of carbonyl (C=O) groups excluding carboxylic acids is 3. The number of benzene rings is 2. The number of nitrogens with one attached hydrogen (secondary N) is 1. The number of ether oxygens (including phenoxy) is 1. The first-order chi connectivity index (χ1) is 13.6. The van der Waals surface area contributed by atoms with E-state index in [-0.39, 0.29) is 30.3 Å². The molecule has 2 aliphatic heterocycles. The van der Waals surface area contributed by atoms with E-state index in [4.69, 9.17) is 4.74 Å². The number of likely N-dealkylation sites (tertiary alicyclic amines) is 1. The van der Waals surface area contributed by atoms with Gasteiger partial charge in [-0.3, -0.25) is 14.4 Å². The Balaban J connectivity index is 1.56. The van der Waals surface area contributed by atoms with Crippen molar-refractivity contribution in [2.45, 2.75) is 31.0 Å². The van der Waals surface area contributed by atoms with E-state index >= 15 is 0 Å².